The molecule has 1 fully saturated rings. The van der Waals surface area contributed by atoms with Gasteiger partial charge in [-0.2, -0.15) is 0 Å². The van der Waals surface area contributed by atoms with Gasteiger partial charge in [-0.1, -0.05) is 12.1 Å². The van der Waals surface area contributed by atoms with E-state index in [1.54, 1.807) is 7.11 Å². The Kier molecular flexibility index (Phi) is 2.90. The van der Waals surface area contributed by atoms with E-state index in [2.05, 4.69) is 4.99 Å². The molecule has 3 heteroatoms. The van der Waals surface area contributed by atoms with Crippen LogP contribution in [0, 0.1) is 5.92 Å². The molecule has 0 aliphatic heterocycles. The zero-order valence-corrected chi connectivity index (χ0v) is 8.94. The van der Waals surface area contributed by atoms with E-state index >= 15 is 0 Å². The number of nitrogens with zero attached hydrogens (tertiary/aromatic N) is 1. The van der Waals surface area contributed by atoms with Crippen LogP contribution in [0.3, 0.4) is 0 Å². The molecule has 0 atom stereocenters. The van der Waals surface area contributed by atoms with E-state index in [0.717, 1.165) is 11.6 Å². The number of hydrogen-bond donors (Lipinski definition) is 1. The molecule has 2 rings (SSSR count). The predicted octanol–water partition coefficient (Wildman–Crippen LogP) is 1.96. The number of amidine groups is 1. The molecular weight excluding hydrogens is 188 g/mol. The summed E-state index contributed by atoms with van der Waals surface area (Å²) in [6.45, 7) is 0.673. The summed E-state index contributed by atoms with van der Waals surface area (Å²) < 4.78 is 5.08. The van der Waals surface area contributed by atoms with Crippen molar-refractivity contribution in [2.24, 2.45) is 16.6 Å². The van der Waals surface area contributed by atoms with Crippen molar-refractivity contribution in [2.75, 3.05) is 7.11 Å². The van der Waals surface area contributed by atoms with E-state index in [0.29, 0.717) is 12.5 Å². The van der Waals surface area contributed by atoms with Crippen molar-refractivity contribution in [3.8, 4) is 5.75 Å². The van der Waals surface area contributed by atoms with Gasteiger partial charge in [0.2, 0.25) is 0 Å². The van der Waals surface area contributed by atoms with Gasteiger partial charge in [-0.05, 0) is 30.5 Å². The highest BCUT2D eigenvalue weighted by Gasteiger charge is 2.24. The summed E-state index contributed by atoms with van der Waals surface area (Å²) >= 11 is 0. The van der Waals surface area contributed by atoms with E-state index < -0.39 is 0 Å². The summed E-state index contributed by atoms with van der Waals surface area (Å²) in [5.41, 5.74) is 6.97. The minimum absolute atomic E-state index is 0.559. The van der Waals surface area contributed by atoms with Gasteiger partial charge in [-0.3, -0.25) is 4.99 Å². The average molecular weight is 204 g/mol. The first kappa shape index (κ1) is 10.0. The van der Waals surface area contributed by atoms with Gasteiger partial charge in [-0.15, -0.1) is 0 Å². The largest absolute Gasteiger partial charge is 0.497 e. The third kappa shape index (κ3) is 2.72. The highest BCUT2D eigenvalue weighted by molar-refractivity contribution is 5.84. The Hall–Kier alpha value is -1.51. The SMILES string of the molecule is COc1ccc(CN=C(N)C2CC2)cc1. The summed E-state index contributed by atoms with van der Waals surface area (Å²) in [5.74, 6) is 2.24. The number of benzene rings is 1. The quantitative estimate of drug-likeness (QED) is 0.602. The van der Waals surface area contributed by atoms with Crippen LogP contribution in [0.1, 0.15) is 18.4 Å². The predicted molar refractivity (Wildman–Crippen MR) is 61.0 cm³/mol. The Labute approximate surface area is 90.0 Å². The van der Waals surface area contributed by atoms with Gasteiger partial charge in [0.05, 0.1) is 19.5 Å². The van der Waals surface area contributed by atoms with E-state index in [1.165, 1.54) is 18.4 Å². The molecule has 0 unspecified atom stereocenters. The summed E-state index contributed by atoms with van der Waals surface area (Å²) in [6, 6.07) is 7.92. The Morgan fingerprint density at radius 3 is 2.60 bits per heavy atom. The van der Waals surface area contributed by atoms with Gasteiger partial charge in [-0.25, -0.2) is 0 Å². The van der Waals surface area contributed by atoms with Crippen LogP contribution >= 0.6 is 0 Å². The van der Waals surface area contributed by atoms with Gasteiger partial charge in [0.25, 0.3) is 0 Å². The zero-order chi connectivity index (χ0) is 10.7. The van der Waals surface area contributed by atoms with Crippen molar-refractivity contribution < 1.29 is 4.74 Å². The molecule has 2 N–H and O–H groups in total. The molecule has 1 aromatic rings. The fourth-order valence-electron chi connectivity index (χ4n) is 1.42. The second-order valence-corrected chi connectivity index (χ2v) is 3.86. The van der Waals surface area contributed by atoms with Crippen LogP contribution in [0.4, 0.5) is 0 Å². The van der Waals surface area contributed by atoms with Gasteiger partial charge >= 0.3 is 0 Å². The second-order valence-electron chi connectivity index (χ2n) is 3.86. The molecule has 0 heterocycles. The Bertz CT molecular complexity index is 352. The maximum absolute atomic E-state index is 5.81. The maximum Gasteiger partial charge on any atom is 0.118 e. The van der Waals surface area contributed by atoms with Crippen LogP contribution in [0.25, 0.3) is 0 Å². The lowest BCUT2D eigenvalue weighted by atomic mass is 10.2. The smallest absolute Gasteiger partial charge is 0.118 e. The summed E-state index contributed by atoms with van der Waals surface area (Å²) in [4.78, 5) is 4.37. The Morgan fingerprint density at radius 1 is 1.40 bits per heavy atom. The van der Waals surface area contributed by atoms with Crippen molar-refractivity contribution in [3.63, 3.8) is 0 Å². The maximum atomic E-state index is 5.81. The van der Waals surface area contributed by atoms with E-state index in [9.17, 15) is 0 Å². The fraction of sp³-hybridized carbons (Fsp3) is 0.417. The van der Waals surface area contributed by atoms with Crippen molar-refractivity contribution in [1.82, 2.24) is 0 Å². The van der Waals surface area contributed by atoms with E-state index in [1.807, 2.05) is 24.3 Å². The summed E-state index contributed by atoms with van der Waals surface area (Å²) in [6.07, 6.45) is 2.41. The monoisotopic (exact) mass is 204 g/mol. The van der Waals surface area contributed by atoms with Gasteiger partial charge in [0, 0.05) is 5.92 Å². The number of hydrogen-bond acceptors (Lipinski definition) is 2. The molecule has 3 nitrogen and oxygen atoms in total. The molecular formula is C12H16N2O. The molecule has 1 aliphatic rings. The second kappa shape index (κ2) is 4.34. The molecule has 1 aliphatic carbocycles. The molecule has 0 amide bonds. The number of ether oxygens (including phenoxy) is 1. The van der Waals surface area contributed by atoms with Crippen LogP contribution < -0.4 is 10.5 Å². The average Bonchev–Trinajstić information content (AvgIpc) is 3.10. The molecule has 1 aromatic carbocycles. The van der Waals surface area contributed by atoms with Crippen LogP contribution in [0.2, 0.25) is 0 Å². The van der Waals surface area contributed by atoms with Crippen LogP contribution in [-0.4, -0.2) is 12.9 Å². The molecule has 0 bridgehead atoms. The lowest BCUT2D eigenvalue weighted by Gasteiger charge is -2.01. The normalized spacial score (nSPS) is 16.5. The minimum Gasteiger partial charge on any atom is -0.497 e. The number of methoxy groups -OCH3 is 1. The first-order chi connectivity index (χ1) is 7.29. The standard InChI is InChI=1S/C12H16N2O/c1-15-11-6-2-9(3-7-11)8-14-12(13)10-4-5-10/h2-3,6-7,10H,4-5,8H2,1H3,(H2,13,14). The molecule has 15 heavy (non-hydrogen) atoms. The van der Waals surface area contributed by atoms with E-state index in [-0.39, 0.29) is 0 Å². The molecule has 1 saturated carbocycles. The molecule has 0 saturated heterocycles. The van der Waals surface area contributed by atoms with Gasteiger partial charge in [0.1, 0.15) is 5.75 Å². The lowest BCUT2D eigenvalue weighted by Crippen LogP contribution is -2.14. The highest BCUT2D eigenvalue weighted by Crippen LogP contribution is 2.28. The lowest BCUT2D eigenvalue weighted by molar-refractivity contribution is 0.414. The first-order valence-corrected chi connectivity index (χ1v) is 5.22. The van der Waals surface area contributed by atoms with Crippen LogP contribution in [0.5, 0.6) is 5.75 Å². The molecule has 0 aromatic heterocycles. The van der Waals surface area contributed by atoms with Crippen LogP contribution in [-0.2, 0) is 6.54 Å². The Morgan fingerprint density at radius 2 is 2.07 bits per heavy atom. The Balaban J connectivity index is 1.95. The van der Waals surface area contributed by atoms with E-state index in [4.69, 9.17) is 10.5 Å². The highest BCUT2D eigenvalue weighted by atomic mass is 16.5. The molecule has 80 valence electrons. The van der Waals surface area contributed by atoms with Crippen molar-refractivity contribution in [2.45, 2.75) is 19.4 Å². The molecule has 0 spiro atoms. The number of nitrogens with two attached hydrogens (primary N) is 1. The first-order valence-electron chi connectivity index (χ1n) is 5.22. The number of aliphatic imine (C=N–C) groups is 1. The number of rotatable bonds is 4. The third-order valence-electron chi connectivity index (χ3n) is 2.60. The van der Waals surface area contributed by atoms with Crippen molar-refractivity contribution >= 4 is 5.84 Å². The topological polar surface area (TPSA) is 47.6 Å². The van der Waals surface area contributed by atoms with Crippen molar-refractivity contribution in [3.05, 3.63) is 29.8 Å². The zero-order valence-electron chi connectivity index (χ0n) is 8.94. The molecule has 0 radical (unpaired) electrons. The van der Waals surface area contributed by atoms with Crippen LogP contribution in [0.15, 0.2) is 29.3 Å². The van der Waals surface area contributed by atoms with Crippen molar-refractivity contribution in [1.29, 1.82) is 0 Å². The minimum atomic E-state index is 0.559. The summed E-state index contributed by atoms with van der Waals surface area (Å²) in [5, 5.41) is 0. The van der Waals surface area contributed by atoms with Gasteiger partial charge in [0.15, 0.2) is 0 Å². The summed E-state index contributed by atoms with van der Waals surface area (Å²) in [7, 11) is 1.66. The fourth-order valence-corrected chi connectivity index (χ4v) is 1.42. The third-order valence-corrected chi connectivity index (χ3v) is 2.60. The van der Waals surface area contributed by atoms with Gasteiger partial charge < -0.3 is 10.5 Å².